The predicted molar refractivity (Wildman–Crippen MR) is 82.0 cm³/mol. The summed E-state index contributed by atoms with van der Waals surface area (Å²) in [7, 11) is 0. The second-order valence-corrected chi connectivity index (χ2v) is 5.24. The van der Waals surface area contributed by atoms with Crippen LogP contribution in [0.4, 0.5) is 0 Å². The highest BCUT2D eigenvalue weighted by molar-refractivity contribution is 5.89. The van der Waals surface area contributed by atoms with E-state index in [-0.39, 0.29) is 19.3 Å². The molecule has 0 saturated heterocycles. The van der Waals surface area contributed by atoms with Gasteiger partial charge in [-0.2, -0.15) is 0 Å². The van der Waals surface area contributed by atoms with Crippen LogP contribution in [0.3, 0.4) is 0 Å². The monoisotopic (exact) mass is 362 g/mol. The maximum atomic E-state index is 11.8. The van der Waals surface area contributed by atoms with Gasteiger partial charge in [-0.1, -0.05) is 0 Å². The van der Waals surface area contributed by atoms with Crippen molar-refractivity contribution >= 4 is 29.7 Å². The Bertz CT molecular complexity index is 524. The van der Waals surface area contributed by atoms with Crippen molar-refractivity contribution in [3.63, 3.8) is 0 Å². The summed E-state index contributed by atoms with van der Waals surface area (Å²) in [6.07, 6.45) is -0.549. The number of carbonyl (C=O) groups is 5. The van der Waals surface area contributed by atoms with Gasteiger partial charge in [0.05, 0.1) is 6.42 Å². The van der Waals surface area contributed by atoms with Gasteiger partial charge in [0, 0.05) is 6.92 Å². The zero-order chi connectivity index (χ0) is 19.6. The molecule has 1 unspecified atom stereocenters. The average Bonchev–Trinajstić information content (AvgIpc) is 2.48. The third kappa shape index (κ3) is 9.22. The Labute approximate surface area is 142 Å². The van der Waals surface area contributed by atoms with Gasteiger partial charge in [-0.15, -0.1) is 0 Å². The van der Waals surface area contributed by atoms with E-state index in [1.807, 2.05) is 0 Å². The molecule has 0 bridgehead atoms. The van der Waals surface area contributed by atoms with Crippen LogP contribution in [0.25, 0.3) is 0 Å². The molecule has 0 aromatic heterocycles. The lowest BCUT2D eigenvalue weighted by Gasteiger charge is -2.18. The summed E-state index contributed by atoms with van der Waals surface area (Å²) in [5.74, 6) is -0.462. The lowest BCUT2D eigenvalue weighted by molar-refractivity contribution is -0.144. The third-order valence-corrected chi connectivity index (χ3v) is 3.18. The van der Waals surface area contributed by atoms with Gasteiger partial charge in [-0.05, 0) is 19.3 Å². The SMILES string of the molecule is CC(=O)N[C@@H](CC(=O)N[C@@H](CCCC(NN)C(=O)O)C(=O)O)C(=O)O. The molecule has 2 amide bonds. The molecule has 25 heavy (non-hydrogen) atoms. The van der Waals surface area contributed by atoms with Crippen molar-refractivity contribution in [1.29, 1.82) is 0 Å². The van der Waals surface area contributed by atoms with E-state index in [1.54, 1.807) is 0 Å². The Balaban J connectivity index is 4.61. The minimum absolute atomic E-state index is 0.0368. The first-order chi connectivity index (χ1) is 11.6. The normalized spacial score (nSPS) is 14.0. The fourth-order valence-corrected chi connectivity index (χ4v) is 1.95. The third-order valence-electron chi connectivity index (χ3n) is 3.18. The van der Waals surface area contributed by atoms with Crippen LogP contribution in [-0.2, 0) is 24.0 Å². The maximum absolute atomic E-state index is 11.8. The molecule has 12 nitrogen and oxygen atoms in total. The Morgan fingerprint density at radius 3 is 1.72 bits per heavy atom. The lowest BCUT2D eigenvalue weighted by Crippen LogP contribution is -2.47. The van der Waals surface area contributed by atoms with Gasteiger partial charge in [0.25, 0.3) is 0 Å². The highest BCUT2D eigenvalue weighted by atomic mass is 16.4. The Hall–Kier alpha value is -2.73. The molecule has 142 valence electrons. The number of rotatable bonds is 12. The molecule has 0 aliphatic heterocycles. The summed E-state index contributed by atoms with van der Waals surface area (Å²) in [5, 5.41) is 31.0. The van der Waals surface area contributed by atoms with Gasteiger partial charge in [0.15, 0.2) is 0 Å². The smallest absolute Gasteiger partial charge is 0.326 e. The van der Waals surface area contributed by atoms with Crippen LogP contribution in [-0.4, -0.2) is 63.2 Å². The lowest BCUT2D eigenvalue weighted by atomic mass is 10.1. The molecule has 0 heterocycles. The standard InChI is InChI=1S/C13H22N4O8/c1-6(18)15-9(13(24)25)5-10(19)16-7(11(20)21)3-2-4-8(17-14)12(22)23/h7-9,17H,2-5,14H2,1H3,(H,15,18)(H,16,19)(H,20,21)(H,22,23)(H,24,25)/t7-,8?,9-/m0/s1. The zero-order valence-corrected chi connectivity index (χ0v) is 13.5. The first kappa shape index (κ1) is 22.3. The Morgan fingerprint density at radius 2 is 1.32 bits per heavy atom. The van der Waals surface area contributed by atoms with E-state index in [0.29, 0.717) is 0 Å². The molecular formula is C13H22N4O8. The summed E-state index contributed by atoms with van der Waals surface area (Å²) in [4.78, 5) is 55.6. The van der Waals surface area contributed by atoms with Crippen molar-refractivity contribution in [2.45, 2.75) is 50.7 Å². The number of carboxylic acids is 3. The predicted octanol–water partition coefficient (Wildman–Crippen LogP) is -2.38. The van der Waals surface area contributed by atoms with Crippen LogP contribution in [0.5, 0.6) is 0 Å². The van der Waals surface area contributed by atoms with Gasteiger partial charge < -0.3 is 26.0 Å². The fraction of sp³-hybridized carbons (Fsp3) is 0.615. The molecule has 0 spiro atoms. The first-order valence-electron chi connectivity index (χ1n) is 7.29. The number of nitrogens with one attached hydrogen (secondary N) is 3. The van der Waals surface area contributed by atoms with Gasteiger partial charge in [0.1, 0.15) is 18.1 Å². The molecular weight excluding hydrogens is 340 g/mol. The molecule has 0 aliphatic rings. The zero-order valence-electron chi connectivity index (χ0n) is 13.5. The minimum atomic E-state index is -1.48. The van der Waals surface area contributed by atoms with E-state index in [0.717, 1.165) is 6.92 Å². The summed E-state index contributed by atoms with van der Waals surface area (Å²) < 4.78 is 0. The second kappa shape index (κ2) is 10.9. The van der Waals surface area contributed by atoms with Gasteiger partial charge >= 0.3 is 17.9 Å². The summed E-state index contributed by atoms with van der Waals surface area (Å²) >= 11 is 0. The highest BCUT2D eigenvalue weighted by Gasteiger charge is 2.26. The van der Waals surface area contributed by atoms with Crippen LogP contribution in [0, 0.1) is 0 Å². The van der Waals surface area contributed by atoms with Crippen LogP contribution in [0.1, 0.15) is 32.6 Å². The van der Waals surface area contributed by atoms with Crippen LogP contribution in [0.2, 0.25) is 0 Å². The average molecular weight is 362 g/mol. The molecule has 0 saturated carbocycles. The van der Waals surface area contributed by atoms with Crippen molar-refractivity contribution in [2.75, 3.05) is 0 Å². The molecule has 0 aromatic rings. The summed E-state index contributed by atoms with van der Waals surface area (Å²) in [6.45, 7) is 1.08. The minimum Gasteiger partial charge on any atom is -0.480 e. The molecule has 0 aliphatic carbocycles. The Kier molecular flexibility index (Phi) is 9.74. The van der Waals surface area contributed by atoms with Crippen molar-refractivity contribution in [3.05, 3.63) is 0 Å². The number of aliphatic carboxylic acids is 3. The summed E-state index contributed by atoms with van der Waals surface area (Å²) in [6, 6.07) is -3.86. The molecule has 0 aromatic carbocycles. The quantitative estimate of drug-likeness (QED) is 0.145. The number of nitrogens with two attached hydrogens (primary N) is 1. The van der Waals surface area contributed by atoms with Crippen molar-refractivity contribution < 1.29 is 39.3 Å². The highest BCUT2D eigenvalue weighted by Crippen LogP contribution is 2.06. The van der Waals surface area contributed by atoms with E-state index >= 15 is 0 Å². The van der Waals surface area contributed by atoms with Gasteiger partial charge in [-0.25, -0.2) is 15.0 Å². The van der Waals surface area contributed by atoms with Gasteiger partial charge in [0.2, 0.25) is 11.8 Å². The summed E-state index contributed by atoms with van der Waals surface area (Å²) in [5.41, 5.74) is 2.06. The van der Waals surface area contributed by atoms with E-state index in [2.05, 4.69) is 16.1 Å². The van der Waals surface area contributed by atoms with Crippen LogP contribution in [0.15, 0.2) is 0 Å². The van der Waals surface area contributed by atoms with E-state index < -0.39 is 54.3 Å². The Morgan fingerprint density at radius 1 is 0.840 bits per heavy atom. The van der Waals surface area contributed by atoms with Crippen LogP contribution >= 0.6 is 0 Å². The van der Waals surface area contributed by atoms with Crippen molar-refractivity contribution in [2.24, 2.45) is 5.84 Å². The molecule has 3 atom stereocenters. The number of hydrogen-bond acceptors (Lipinski definition) is 7. The van der Waals surface area contributed by atoms with Crippen LogP contribution < -0.4 is 21.9 Å². The van der Waals surface area contributed by atoms with E-state index in [9.17, 15) is 24.0 Å². The maximum Gasteiger partial charge on any atom is 0.326 e. The topological polar surface area (TPSA) is 208 Å². The molecule has 8 N–H and O–H groups in total. The van der Waals surface area contributed by atoms with E-state index in [1.165, 1.54) is 0 Å². The number of hydrogen-bond donors (Lipinski definition) is 7. The first-order valence-corrected chi connectivity index (χ1v) is 7.29. The number of carbonyl (C=O) groups excluding carboxylic acids is 2. The molecule has 12 heteroatoms. The number of hydrazine groups is 1. The second-order valence-electron chi connectivity index (χ2n) is 5.24. The van der Waals surface area contributed by atoms with Gasteiger partial charge in [-0.3, -0.25) is 20.2 Å². The molecule has 0 radical (unpaired) electrons. The largest absolute Gasteiger partial charge is 0.480 e. The molecule has 0 rings (SSSR count). The van der Waals surface area contributed by atoms with Crippen molar-refractivity contribution in [1.82, 2.24) is 16.1 Å². The number of amides is 2. The van der Waals surface area contributed by atoms with Crippen molar-refractivity contribution in [3.8, 4) is 0 Å². The van der Waals surface area contributed by atoms with E-state index in [4.69, 9.17) is 21.2 Å². The molecule has 0 fully saturated rings. The number of carboxylic acid groups (broad SMARTS) is 3. The fourth-order valence-electron chi connectivity index (χ4n) is 1.95.